The van der Waals surface area contributed by atoms with Crippen molar-refractivity contribution < 1.29 is 8.42 Å². The van der Waals surface area contributed by atoms with Gasteiger partial charge in [-0.05, 0) is 24.1 Å². The van der Waals surface area contributed by atoms with Crippen molar-refractivity contribution in [3.8, 4) is 0 Å². The predicted molar refractivity (Wildman–Crippen MR) is 74.7 cm³/mol. The van der Waals surface area contributed by atoms with Crippen molar-refractivity contribution in [2.75, 3.05) is 13.1 Å². The molecule has 2 N–H and O–H groups in total. The van der Waals surface area contributed by atoms with E-state index in [1.165, 1.54) is 5.56 Å². The van der Waals surface area contributed by atoms with Crippen molar-refractivity contribution in [1.82, 2.24) is 10.0 Å². The Labute approximate surface area is 110 Å². The van der Waals surface area contributed by atoms with Crippen LogP contribution < -0.4 is 10.0 Å². The molecule has 0 saturated heterocycles. The highest BCUT2D eigenvalue weighted by atomic mass is 32.2. The molecule has 1 aromatic carbocycles. The number of rotatable bonds is 8. The van der Waals surface area contributed by atoms with Crippen LogP contribution in [0.5, 0.6) is 0 Å². The maximum Gasteiger partial charge on any atom is 0.215 e. The molecule has 0 bridgehead atoms. The van der Waals surface area contributed by atoms with Crippen LogP contribution in [0.4, 0.5) is 0 Å². The first-order valence-electron chi connectivity index (χ1n) is 6.33. The highest BCUT2D eigenvalue weighted by Gasteiger charge is 2.09. The highest BCUT2D eigenvalue weighted by molar-refractivity contribution is 7.88. The van der Waals surface area contributed by atoms with Crippen molar-refractivity contribution in [1.29, 1.82) is 0 Å². The standard InChI is InChI=1S/C13H22N2O2S/c1-3-9-14-10-12-5-7-13(8-6-12)11-18(16,17)15-4-2/h5-8,14-15H,3-4,9-11H2,1-2H3. The molecule has 1 rings (SSSR count). The third-order valence-corrected chi connectivity index (χ3v) is 3.94. The molecule has 18 heavy (non-hydrogen) atoms. The molecule has 5 heteroatoms. The smallest absolute Gasteiger partial charge is 0.215 e. The van der Waals surface area contributed by atoms with E-state index in [1.807, 2.05) is 24.3 Å². The summed E-state index contributed by atoms with van der Waals surface area (Å²) in [5, 5.41) is 3.31. The van der Waals surface area contributed by atoms with E-state index in [-0.39, 0.29) is 5.75 Å². The van der Waals surface area contributed by atoms with Crippen molar-refractivity contribution in [2.24, 2.45) is 0 Å². The lowest BCUT2D eigenvalue weighted by atomic mass is 10.1. The topological polar surface area (TPSA) is 58.2 Å². The number of hydrogen-bond donors (Lipinski definition) is 2. The lowest BCUT2D eigenvalue weighted by molar-refractivity contribution is 0.583. The van der Waals surface area contributed by atoms with Crippen LogP contribution in [0, 0.1) is 0 Å². The van der Waals surface area contributed by atoms with Crippen LogP contribution in [0.3, 0.4) is 0 Å². The third-order valence-electron chi connectivity index (χ3n) is 2.50. The van der Waals surface area contributed by atoms with Crippen LogP contribution in [0.1, 0.15) is 31.4 Å². The summed E-state index contributed by atoms with van der Waals surface area (Å²) in [5.74, 6) is 0.0451. The first-order valence-corrected chi connectivity index (χ1v) is 7.98. The maximum atomic E-state index is 11.6. The number of nitrogens with one attached hydrogen (secondary N) is 2. The molecule has 0 aliphatic carbocycles. The van der Waals surface area contributed by atoms with E-state index in [2.05, 4.69) is 17.0 Å². The number of benzene rings is 1. The molecule has 0 aliphatic rings. The Kier molecular flexibility index (Phi) is 6.32. The van der Waals surface area contributed by atoms with Crippen LogP contribution in [-0.2, 0) is 22.3 Å². The lowest BCUT2D eigenvalue weighted by Crippen LogP contribution is -2.24. The largest absolute Gasteiger partial charge is 0.313 e. The zero-order valence-electron chi connectivity index (χ0n) is 11.1. The van der Waals surface area contributed by atoms with E-state index in [4.69, 9.17) is 0 Å². The van der Waals surface area contributed by atoms with E-state index < -0.39 is 10.0 Å². The number of sulfonamides is 1. The lowest BCUT2D eigenvalue weighted by Gasteiger charge is -2.06. The van der Waals surface area contributed by atoms with E-state index >= 15 is 0 Å². The van der Waals surface area contributed by atoms with Crippen molar-refractivity contribution in [3.05, 3.63) is 35.4 Å². The quantitative estimate of drug-likeness (QED) is 0.706. The molecule has 0 spiro atoms. The fraction of sp³-hybridized carbons (Fsp3) is 0.538. The van der Waals surface area contributed by atoms with Crippen LogP contribution in [0.2, 0.25) is 0 Å². The molecule has 0 heterocycles. The Bertz CT molecular complexity index is 441. The van der Waals surface area contributed by atoms with Gasteiger partial charge in [-0.2, -0.15) is 0 Å². The molecule has 0 radical (unpaired) electrons. The molecule has 102 valence electrons. The summed E-state index contributed by atoms with van der Waals surface area (Å²) in [6, 6.07) is 7.69. The zero-order valence-corrected chi connectivity index (χ0v) is 11.9. The fourth-order valence-corrected chi connectivity index (χ4v) is 2.83. The highest BCUT2D eigenvalue weighted by Crippen LogP contribution is 2.07. The molecule has 0 aromatic heterocycles. The summed E-state index contributed by atoms with van der Waals surface area (Å²) in [6.45, 7) is 6.16. The first kappa shape index (κ1) is 15.1. The van der Waals surface area contributed by atoms with Gasteiger partial charge in [-0.25, -0.2) is 13.1 Å². The summed E-state index contributed by atoms with van der Waals surface area (Å²) in [6.07, 6.45) is 1.11. The Morgan fingerprint density at radius 2 is 1.67 bits per heavy atom. The number of hydrogen-bond acceptors (Lipinski definition) is 3. The second-order valence-electron chi connectivity index (χ2n) is 4.25. The summed E-state index contributed by atoms with van der Waals surface area (Å²) in [7, 11) is -3.18. The molecule has 0 atom stereocenters. The maximum absolute atomic E-state index is 11.6. The van der Waals surface area contributed by atoms with Crippen molar-refractivity contribution in [3.63, 3.8) is 0 Å². The third kappa shape index (κ3) is 5.62. The van der Waals surface area contributed by atoms with Gasteiger partial charge in [-0.1, -0.05) is 38.1 Å². The van der Waals surface area contributed by atoms with Gasteiger partial charge in [0.2, 0.25) is 10.0 Å². The van der Waals surface area contributed by atoms with Crippen molar-refractivity contribution >= 4 is 10.0 Å². The van der Waals surface area contributed by atoms with Gasteiger partial charge in [-0.15, -0.1) is 0 Å². The van der Waals surface area contributed by atoms with Gasteiger partial charge in [0.1, 0.15) is 0 Å². The molecule has 1 aromatic rings. The van der Waals surface area contributed by atoms with E-state index in [1.54, 1.807) is 6.92 Å². The minimum Gasteiger partial charge on any atom is -0.313 e. The molecular formula is C13H22N2O2S. The predicted octanol–water partition coefficient (Wildman–Crippen LogP) is 1.63. The average Bonchev–Trinajstić information content (AvgIpc) is 2.31. The Hall–Kier alpha value is -0.910. The molecule has 0 unspecified atom stereocenters. The Balaban J connectivity index is 2.55. The van der Waals surface area contributed by atoms with Crippen LogP contribution >= 0.6 is 0 Å². The summed E-state index contributed by atoms with van der Waals surface area (Å²) >= 11 is 0. The summed E-state index contributed by atoms with van der Waals surface area (Å²) < 4.78 is 25.6. The SMILES string of the molecule is CCCNCc1ccc(CS(=O)(=O)NCC)cc1. The van der Waals surface area contributed by atoms with Gasteiger partial charge in [0, 0.05) is 13.1 Å². The minimum atomic E-state index is -3.18. The van der Waals surface area contributed by atoms with Crippen LogP contribution in [-0.4, -0.2) is 21.5 Å². The van der Waals surface area contributed by atoms with Gasteiger partial charge >= 0.3 is 0 Å². The monoisotopic (exact) mass is 270 g/mol. The fourth-order valence-electron chi connectivity index (χ4n) is 1.65. The molecule has 0 fully saturated rings. The average molecular weight is 270 g/mol. The van der Waals surface area contributed by atoms with Gasteiger partial charge in [0.05, 0.1) is 5.75 Å². The second-order valence-corrected chi connectivity index (χ2v) is 6.06. The van der Waals surface area contributed by atoms with Gasteiger partial charge in [-0.3, -0.25) is 0 Å². The summed E-state index contributed by atoms with van der Waals surface area (Å²) in [4.78, 5) is 0. The van der Waals surface area contributed by atoms with Crippen LogP contribution in [0.25, 0.3) is 0 Å². The zero-order chi connectivity index (χ0) is 13.4. The Morgan fingerprint density at radius 3 is 2.22 bits per heavy atom. The molecule has 0 saturated carbocycles. The van der Waals surface area contributed by atoms with Gasteiger partial charge < -0.3 is 5.32 Å². The first-order chi connectivity index (χ1) is 8.57. The van der Waals surface area contributed by atoms with Crippen molar-refractivity contribution in [2.45, 2.75) is 32.6 Å². The van der Waals surface area contributed by atoms with E-state index in [0.29, 0.717) is 6.54 Å². The molecular weight excluding hydrogens is 248 g/mol. The van der Waals surface area contributed by atoms with Gasteiger partial charge in [0.15, 0.2) is 0 Å². The second kappa shape index (κ2) is 7.51. The van der Waals surface area contributed by atoms with Gasteiger partial charge in [0.25, 0.3) is 0 Å². The normalized spacial score (nSPS) is 11.7. The molecule has 0 amide bonds. The summed E-state index contributed by atoms with van der Waals surface area (Å²) in [5.41, 5.74) is 1.99. The van der Waals surface area contributed by atoms with E-state index in [9.17, 15) is 8.42 Å². The molecule has 4 nitrogen and oxygen atoms in total. The molecule has 0 aliphatic heterocycles. The van der Waals surface area contributed by atoms with E-state index in [0.717, 1.165) is 25.1 Å². The minimum absolute atomic E-state index is 0.0451. The Morgan fingerprint density at radius 1 is 1.06 bits per heavy atom. The van der Waals surface area contributed by atoms with Crippen LogP contribution in [0.15, 0.2) is 24.3 Å².